The highest BCUT2D eigenvalue weighted by Crippen LogP contribution is 2.35. The molecule has 1 aliphatic rings. The standard InChI is InChI=1S/C29H23ClN2O4S/c1-3-36-28(34)24-25(19-7-5-4-6-8-19)31-29-32(26(24)20-11-15-22(35-2)16-12-20)27(33)23(37-29)17-18-9-13-21(30)14-10-18/h4-17,26H,3H2,1-2H3/b23-17-/t26-/m1/s1. The predicted octanol–water partition coefficient (Wildman–Crippen LogP) is 4.60. The molecule has 2 heterocycles. The Morgan fingerprint density at radius 1 is 1.05 bits per heavy atom. The van der Waals surface area contributed by atoms with E-state index >= 15 is 0 Å². The number of halogens is 1. The smallest absolute Gasteiger partial charge is 0.338 e. The van der Waals surface area contributed by atoms with Crippen molar-refractivity contribution in [3.63, 3.8) is 0 Å². The molecule has 0 N–H and O–H groups in total. The average Bonchev–Trinajstić information content (AvgIpc) is 3.24. The molecule has 0 amide bonds. The molecule has 3 aromatic carbocycles. The van der Waals surface area contributed by atoms with Gasteiger partial charge >= 0.3 is 5.97 Å². The fraction of sp³-hybridized carbons (Fsp3) is 0.138. The summed E-state index contributed by atoms with van der Waals surface area (Å²) in [5.41, 5.74) is 2.89. The summed E-state index contributed by atoms with van der Waals surface area (Å²) in [5, 5.41) is 0.615. The number of nitrogens with zero attached hydrogens (tertiary/aromatic N) is 2. The second kappa shape index (κ2) is 10.6. The Balaban J connectivity index is 1.81. The van der Waals surface area contributed by atoms with Gasteiger partial charge in [-0.05, 0) is 48.4 Å². The molecule has 1 aromatic heterocycles. The fourth-order valence-corrected chi connectivity index (χ4v) is 5.38. The van der Waals surface area contributed by atoms with Gasteiger partial charge in [0.25, 0.3) is 5.56 Å². The third kappa shape index (κ3) is 4.88. The Morgan fingerprint density at radius 3 is 2.41 bits per heavy atom. The zero-order valence-electron chi connectivity index (χ0n) is 20.2. The van der Waals surface area contributed by atoms with Gasteiger partial charge in [0.1, 0.15) is 5.75 Å². The number of methoxy groups -OCH3 is 1. The van der Waals surface area contributed by atoms with Gasteiger partial charge in [0.15, 0.2) is 4.80 Å². The molecule has 0 unspecified atom stereocenters. The number of rotatable bonds is 6. The van der Waals surface area contributed by atoms with Gasteiger partial charge in [-0.15, -0.1) is 0 Å². The molecule has 0 bridgehead atoms. The van der Waals surface area contributed by atoms with E-state index in [1.54, 1.807) is 30.7 Å². The number of carbonyl (C=O) groups is 1. The Hall–Kier alpha value is -3.94. The van der Waals surface area contributed by atoms with E-state index < -0.39 is 12.0 Å². The third-order valence-corrected chi connectivity index (χ3v) is 7.21. The first-order valence-corrected chi connectivity index (χ1v) is 12.9. The minimum absolute atomic E-state index is 0.195. The van der Waals surface area contributed by atoms with Crippen molar-refractivity contribution in [2.75, 3.05) is 13.7 Å². The first kappa shape index (κ1) is 24.7. The summed E-state index contributed by atoms with van der Waals surface area (Å²) in [6, 6.07) is 23.3. The van der Waals surface area contributed by atoms with Crippen molar-refractivity contribution < 1.29 is 14.3 Å². The Kier molecular flexibility index (Phi) is 7.08. The van der Waals surface area contributed by atoms with Crippen LogP contribution in [0.1, 0.15) is 29.7 Å². The normalized spacial score (nSPS) is 15.2. The lowest BCUT2D eigenvalue weighted by Gasteiger charge is -2.26. The lowest BCUT2D eigenvalue weighted by molar-refractivity contribution is -0.138. The molecule has 5 rings (SSSR count). The molecule has 0 radical (unpaired) electrons. The first-order valence-electron chi connectivity index (χ1n) is 11.7. The van der Waals surface area contributed by atoms with E-state index in [1.807, 2.05) is 72.8 Å². The SMILES string of the molecule is CCOC(=O)C1=C(c2ccccc2)N=c2s/c(=C\c3ccc(Cl)cc3)c(=O)n2[C@@H]1c1ccc(OC)cc1. The summed E-state index contributed by atoms with van der Waals surface area (Å²) in [5.74, 6) is 0.154. The summed E-state index contributed by atoms with van der Waals surface area (Å²) in [4.78, 5) is 32.6. The minimum atomic E-state index is -0.733. The molecule has 4 aromatic rings. The monoisotopic (exact) mass is 530 g/mol. The Bertz CT molecular complexity index is 1650. The highest BCUT2D eigenvalue weighted by molar-refractivity contribution is 7.07. The number of benzene rings is 3. The van der Waals surface area contributed by atoms with Gasteiger partial charge < -0.3 is 9.47 Å². The molecule has 0 saturated carbocycles. The van der Waals surface area contributed by atoms with Crippen LogP contribution in [-0.4, -0.2) is 24.3 Å². The van der Waals surface area contributed by atoms with Crippen molar-refractivity contribution in [1.29, 1.82) is 0 Å². The summed E-state index contributed by atoms with van der Waals surface area (Å²) < 4.78 is 12.9. The van der Waals surface area contributed by atoms with Crippen molar-refractivity contribution in [3.05, 3.63) is 126 Å². The molecule has 0 spiro atoms. The Morgan fingerprint density at radius 2 is 1.76 bits per heavy atom. The van der Waals surface area contributed by atoms with Gasteiger partial charge in [-0.3, -0.25) is 9.36 Å². The molecule has 8 heteroatoms. The molecular formula is C29H23ClN2O4S. The van der Waals surface area contributed by atoms with Crippen LogP contribution >= 0.6 is 22.9 Å². The second-order valence-corrected chi connectivity index (χ2v) is 9.70. The van der Waals surface area contributed by atoms with Gasteiger partial charge in [0.2, 0.25) is 0 Å². The second-order valence-electron chi connectivity index (χ2n) is 8.26. The van der Waals surface area contributed by atoms with E-state index in [2.05, 4.69) is 0 Å². The number of esters is 1. The molecular weight excluding hydrogens is 508 g/mol. The van der Waals surface area contributed by atoms with Crippen LogP contribution in [0.4, 0.5) is 0 Å². The largest absolute Gasteiger partial charge is 0.497 e. The zero-order valence-corrected chi connectivity index (χ0v) is 21.8. The van der Waals surface area contributed by atoms with Crippen molar-refractivity contribution in [3.8, 4) is 5.75 Å². The van der Waals surface area contributed by atoms with Crippen molar-refractivity contribution in [1.82, 2.24) is 4.57 Å². The topological polar surface area (TPSA) is 69.9 Å². The molecule has 186 valence electrons. The van der Waals surface area contributed by atoms with E-state index in [-0.39, 0.29) is 12.2 Å². The lowest BCUT2D eigenvalue weighted by Crippen LogP contribution is -2.40. The zero-order chi connectivity index (χ0) is 25.9. The molecule has 0 fully saturated rings. The summed E-state index contributed by atoms with van der Waals surface area (Å²) in [6.45, 7) is 1.95. The van der Waals surface area contributed by atoms with Gasteiger partial charge in [0.05, 0.1) is 35.6 Å². The van der Waals surface area contributed by atoms with Crippen LogP contribution < -0.4 is 19.6 Å². The van der Waals surface area contributed by atoms with Crippen LogP contribution in [0.15, 0.2) is 94.2 Å². The highest BCUT2D eigenvalue weighted by atomic mass is 35.5. The van der Waals surface area contributed by atoms with E-state index in [0.29, 0.717) is 31.4 Å². The number of hydrogen-bond acceptors (Lipinski definition) is 6. The number of thiazole rings is 1. The maximum absolute atomic E-state index is 13.8. The number of fused-ring (bicyclic) bond motifs is 1. The molecule has 1 atom stereocenters. The predicted molar refractivity (Wildman–Crippen MR) is 146 cm³/mol. The van der Waals surface area contributed by atoms with Gasteiger partial charge in [-0.2, -0.15) is 0 Å². The van der Waals surface area contributed by atoms with Crippen molar-refractivity contribution in [2.24, 2.45) is 4.99 Å². The number of carbonyl (C=O) groups excluding carboxylic acids is 1. The summed E-state index contributed by atoms with van der Waals surface area (Å²) in [7, 11) is 1.59. The first-order chi connectivity index (χ1) is 18.0. The van der Waals surface area contributed by atoms with Crippen molar-refractivity contribution >= 4 is 40.7 Å². The molecule has 1 aliphatic heterocycles. The number of hydrogen-bond donors (Lipinski definition) is 0. The molecule has 37 heavy (non-hydrogen) atoms. The summed E-state index contributed by atoms with van der Waals surface area (Å²) >= 11 is 7.31. The van der Waals surface area contributed by atoms with Crippen molar-refractivity contribution in [2.45, 2.75) is 13.0 Å². The summed E-state index contributed by atoms with van der Waals surface area (Å²) in [6.07, 6.45) is 1.81. The molecule has 6 nitrogen and oxygen atoms in total. The van der Waals surface area contributed by atoms with Crippen LogP contribution in [0.2, 0.25) is 5.02 Å². The minimum Gasteiger partial charge on any atom is -0.497 e. The van der Waals surface area contributed by atoms with E-state index in [0.717, 1.165) is 16.7 Å². The maximum Gasteiger partial charge on any atom is 0.338 e. The van der Waals surface area contributed by atoms with Gasteiger partial charge in [-0.25, -0.2) is 9.79 Å². The van der Waals surface area contributed by atoms with Crippen LogP contribution in [0, 0.1) is 0 Å². The number of aromatic nitrogens is 1. The fourth-order valence-electron chi connectivity index (χ4n) is 4.25. The average molecular weight is 531 g/mol. The van der Waals surface area contributed by atoms with E-state index in [9.17, 15) is 9.59 Å². The third-order valence-electron chi connectivity index (χ3n) is 5.97. The lowest BCUT2D eigenvalue weighted by atomic mass is 9.93. The van der Waals surface area contributed by atoms with Crippen LogP contribution in [0.3, 0.4) is 0 Å². The number of ether oxygens (including phenoxy) is 2. The van der Waals surface area contributed by atoms with Crippen LogP contribution in [0.25, 0.3) is 11.8 Å². The quantitative estimate of drug-likeness (QED) is 0.342. The van der Waals surface area contributed by atoms with E-state index in [1.165, 1.54) is 11.3 Å². The highest BCUT2D eigenvalue weighted by Gasteiger charge is 2.35. The maximum atomic E-state index is 13.8. The molecule has 0 saturated heterocycles. The van der Waals surface area contributed by atoms with E-state index in [4.69, 9.17) is 26.1 Å². The Labute approximate surface area is 222 Å². The molecule has 0 aliphatic carbocycles. The van der Waals surface area contributed by atoms with Crippen LogP contribution in [-0.2, 0) is 9.53 Å². The van der Waals surface area contributed by atoms with Gasteiger partial charge in [0, 0.05) is 10.6 Å². The van der Waals surface area contributed by atoms with Gasteiger partial charge in [-0.1, -0.05) is 77.5 Å². The van der Waals surface area contributed by atoms with Crippen LogP contribution in [0.5, 0.6) is 5.75 Å².